The summed E-state index contributed by atoms with van der Waals surface area (Å²) in [6.07, 6.45) is 6.29. The number of allylic oxidation sites excluding steroid dienone is 2. The van der Waals surface area contributed by atoms with Gasteiger partial charge < -0.3 is 14.3 Å². The molecule has 4 atom stereocenters. The van der Waals surface area contributed by atoms with E-state index in [9.17, 15) is 14.7 Å². The van der Waals surface area contributed by atoms with Gasteiger partial charge in [-0.15, -0.1) is 0 Å². The number of hydrogen-bond acceptors (Lipinski definition) is 5. The lowest BCUT2D eigenvalue weighted by Crippen LogP contribution is -2.33. The summed E-state index contributed by atoms with van der Waals surface area (Å²) in [6, 6.07) is 3.67. The molecule has 2 amide bonds. The molecule has 0 aromatic carbocycles. The van der Waals surface area contributed by atoms with Crippen molar-refractivity contribution in [2.45, 2.75) is 58.7 Å². The van der Waals surface area contributed by atoms with Crippen LogP contribution in [0.25, 0.3) is 6.08 Å². The molecule has 1 aromatic heterocycles. The van der Waals surface area contributed by atoms with Crippen molar-refractivity contribution in [3.63, 3.8) is 0 Å². The van der Waals surface area contributed by atoms with E-state index < -0.39 is 0 Å². The molecule has 1 N–H and O–H groups in total. The Morgan fingerprint density at radius 3 is 2.70 bits per heavy atom. The van der Waals surface area contributed by atoms with Crippen molar-refractivity contribution in [1.82, 2.24) is 4.90 Å². The van der Waals surface area contributed by atoms with Gasteiger partial charge in [-0.25, -0.2) is 0 Å². The van der Waals surface area contributed by atoms with Gasteiger partial charge >= 0.3 is 0 Å². The van der Waals surface area contributed by atoms with Gasteiger partial charge in [-0.05, 0) is 55.9 Å². The minimum atomic E-state index is -0.251. The monoisotopic (exact) mass is 413 g/mol. The lowest BCUT2D eigenvalue weighted by Gasteiger charge is -2.31. The van der Waals surface area contributed by atoms with Gasteiger partial charge in [0.2, 0.25) is 11.8 Å². The smallest absolute Gasteiger partial charge is 0.233 e. The lowest BCUT2D eigenvalue weighted by atomic mass is 9.69. The average molecular weight is 414 g/mol. The predicted molar refractivity (Wildman–Crippen MR) is 112 cm³/mol. The number of nitrogens with zero attached hydrogens (tertiary/aromatic N) is 1. The third-order valence-electron chi connectivity index (χ3n) is 7.02. The number of aliphatic hydroxyl groups excluding tert-OH is 1. The maximum atomic E-state index is 12.7. The van der Waals surface area contributed by atoms with Crippen LogP contribution in [0, 0.1) is 17.8 Å². The van der Waals surface area contributed by atoms with Gasteiger partial charge in [-0.3, -0.25) is 14.5 Å². The summed E-state index contributed by atoms with van der Waals surface area (Å²) in [7, 11) is 1.61. The van der Waals surface area contributed by atoms with E-state index in [1.165, 1.54) is 21.6 Å². The van der Waals surface area contributed by atoms with E-state index in [1.807, 2.05) is 12.1 Å². The molecule has 162 valence electrons. The normalized spacial score (nSPS) is 29.1. The maximum Gasteiger partial charge on any atom is 0.233 e. The quantitative estimate of drug-likeness (QED) is 0.545. The Morgan fingerprint density at radius 1 is 1.23 bits per heavy atom. The molecule has 0 bridgehead atoms. The van der Waals surface area contributed by atoms with Crippen LogP contribution in [0.4, 0.5) is 0 Å². The third kappa shape index (κ3) is 3.56. The van der Waals surface area contributed by atoms with Crippen molar-refractivity contribution in [1.29, 1.82) is 0 Å². The highest BCUT2D eigenvalue weighted by Crippen LogP contribution is 2.50. The van der Waals surface area contributed by atoms with Crippen LogP contribution in [0.5, 0.6) is 0 Å². The highest BCUT2D eigenvalue weighted by atomic mass is 16.5. The highest BCUT2D eigenvalue weighted by Gasteiger charge is 2.55. The molecule has 30 heavy (non-hydrogen) atoms. The van der Waals surface area contributed by atoms with Crippen LogP contribution in [-0.4, -0.2) is 41.6 Å². The van der Waals surface area contributed by atoms with Gasteiger partial charge in [0.05, 0.1) is 24.5 Å². The molecule has 1 aliphatic carbocycles. The van der Waals surface area contributed by atoms with Crippen molar-refractivity contribution < 1.29 is 23.8 Å². The number of imide groups is 1. The van der Waals surface area contributed by atoms with Crippen molar-refractivity contribution in [3.8, 4) is 0 Å². The number of fused-ring (bicyclic) bond motifs is 3. The Kier molecular flexibility index (Phi) is 5.98. The zero-order valence-corrected chi connectivity index (χ0v) is 18.0. The van der Waals surface area contributed by atoms with E-state index in [0.29, 0.717) is 18.8 Å². The molecule has 2 saturated heterocycles. The number of ether oxygens (including phenoxy) is 1. The van der Waals surface area contributed by atoms with Crippen LogP contribution < -0.4 is 0 Å². The molecule has 2 fully saturated rings. The summed E-state index contributed by atoms with van der Waals surface area (Å²) in [5.74, 6) is 0.825. The van der Waals surface area contributed by atoms with Crippen molar-refractivity contribution in [3.05, 3.63) is 40.4 Å². The Morgan fingerprint density at radius 2 is 2.03 bits per heavy atom. The molecule has 2 aliphatic heterocycles. The van der Waals surface area contributed by atoms with Crippen LogP contribution in [-0.2, 0) is 20.9 Å². The third-order valence-corrected chi connectivity index (χ3v) is 7.02. The molecule has 0 saturated carbocycles. The van der Waals surface area contributed by atoms with E-state index in [2.05, 4.69) is 13.8 Å². The van der Waals surface area contributed by atoms with E-state index in [0.717, 1.165) is 31.4 Å². The van der Waals surface area contributed by atoms with E-state index in [1.54, 1.807) is 13.1 Å². The molecule has 4 rings (SSSR count). The van der Waals surface area contributed by atoms with Gasteiger partial charge in [-0.2, -0.15) is 0 Å². The SMILES string of the molecule is CCC1=C2[C@@H](CC/C(=C/c3ccc(CO)o3)CC)OC[C@@H]2[C@@H]2C(=O)N(C)C(=O)[C@@H]2C1. The second kappa shape index (κ2) is 8.52. The van der Waals surface area contributed by atoms with Gasteiger partial charge in [0.15, 0.2) is 0 Å². The Bertz CT molecular complexity index is 895. The summed E-state index contributed by atoms with van der Waals surface area (Å²) >= 11 is 0. The Labute approximate surface area is 177 Å². The summed E-state index contributed by atoms with van der Waals surface area (Å²) in [5, 5.41) is 9.18. The van der Waals surface area contributed by atoms with Gasteiger partial charge in [-0.1, -0.05) is 25.0 Å². The minimum absolute atomic E-state index is 0.0132. The molecule has 3 heterocycles. The Balaban J connectivity index is 1.51. The van der Waals surface area contributed by atoms with Crippen molar-refractivity contribution in [2.75, 3.05) is 13.7 Å². The summed E-state index contributed by atoms with van der Waals surface area (Å²) in [4.78, 5) is 26.6. The topological polar surface area (TPSA) is 80.0 Å². The number of furan rings is 1. The van der Waals surface area contributed by atoms with Crippen molar-refractivity contribution in [2.24, 2.45) is 17.8 Å². The van der Waals surface area contributed by atoms with E-state index in [4.69, 9.17) is 9.15 Å². The number of carbonyl (C=O) groups is 2. The number of rotatable bonds is 7. The molecular weight excluding hydrogens is 382 g/mol. The van der Waals surface area contributed by atoms with E-state index in [-0.39, 0.29) is 42.3 Å². The number of amides is 2. The van der Waals surface area contributed by atoms with Crippen molar-refractivity contribution >= 4 is 17.9 Å². The summed E-state index contributed by atoms with van der Waals surface area (Å²) < 4.78 is 11.8. The number of hydrogen-bond donors (Lipinski definition) is 1. The Hall–Kier alpha value is -2.18. The first-order valence-electron chi connectivity index (χ1n) is 11.0. The van der Waals surface area contributed by atoms with Crippen LogP contribution in [0.2, 0.25) is 0 Å². The molecule has 3 aliphatic rings. The zero-order chi connectivity index (χ0) is 21.4. The standard InChI is InChI=1S/C24H31NO5/c1-4-14(10-16-7-8-17(12-26)30-16)6-9-20-21-15(5-2)11-18-22(19(21)13-29-20)24(28)25(3)23(18)27/h7-8,10,18-20,22,26H,4-6,9,11-13H2,1-3H3/b14-10+/t18-,19+,20-,22-/m1/s1. The molecule has 0 radical (unpaired) electrons. The van der Waals surface area contributed by atoms with E-state index >= 15 is 0 Å². The minimum Gasteiger partial charge on any atom is -0.459 e. The molecule has 0 spiro atoms. The predicted octanol–water partition coefficient (Wildman–Crippen LogP) is 3.70. The zero-order valence-electron chi connectivity index (χ0n) is 18.0. The highest BCUT2D eigenvalue weighted by molar-refractivity contribution is 6.05. The fraction of sp³-hybridized carbons (Fsp3) is 0.583. The summed E-state index contributed by atoms with van der Waals surface area (Å²) in [6.45, 7) is 4.69. The number of carbonyl (C=O) groups excluding carboxylic acids is 2. The average Bonchev–Trinajstić information content (AvgIpc) is 3.45. The first-order chi connectivity index (χ1) is 14.5. The second-order valence-electron chi connectivity index (χ2n) is 8.57. The molecule has 6 nitrogen and oxygen atoms in total. The largest absolute Gasteiger partial charge is 0.459 e. The fourth-order valence-electron chi connectivity index (χ4n) is 5.39. The van der Waals surface area contributed by atoms with Crippen LogP contribution >= 0.6 is 0 Å². The first-order valence-corrected chi connectivity index (χ1v) is 11.0. The fourth-order valence-corrected chi connectivity index (χ4v) is 5.39. The molecule has 0 unspecified atom stereocenters. The maximum absolute atomic E-state index is 12.7. The van der Waals surface area contributed by atoms with Gasteiger partial charge in [0.1, 0.15) is 18.1 Å². The van der Waals surface area contributed by atoms with Gasteiger partial charge in [0.25, 0.3) is 0 Å². The van der Waals surface area contributed by atoms with Crippen LogP contribution in [0.1, 0.15) is 57.5 Å². The molecular formula is C24H31NO5. The summed E-state index contributed by atoms with van der Waals surface area (Å²) in [5.41, 5.74) is 3.85. The first kappa shape index (κ1) is 21.1. The second-order valence-corrected chi connectivity index (χ2v) is 8.57. The van der Waals surface area contributed by atoms with Gasteiger partial charge in [0, 0.05) is 13.0 Å². The number of likely N-dealkylation sites (tertiary alicyclic amines) is 1. The molecule has 6 heteroatoms. The lowest BCUT2D eigenvalue weighted by molar-refractivity contribution is -0.138. The molecule has 1 aromatic rings. The van der Waals surface area contributed by atoms with Crippen LogP contribution in [0.3, 0.4) is 0 Å². The number of aliphatic hydroxyl groups is 1. The van der Waals surface area contributed by atoms with Crippen LogP contribution in [0.15, 0.2) is 33.3 Å².